The summed E-state index contributed by atoms with van der Waals surface area (Å²) in [6, 6.07) is 11.5. The molecule has 1 aromatic heterocycles. The summed E-state index contributed by atoms with van der Waals surface area (Å²) >= 11 is 3.45. The van der Waals surface area contributed by atoms with E-state index in [1.54, 1.807) is 17.0 Å². The van der Waals surface area contributed by atoms with Crippen LogP contribution in [0.5, 0.6) is 0 Å². The van der Waals surface area contributed by atoms with Crippen molar-refractivity contribution < 1.29 is 18.4 Å². The molecule has 1 saturated heterocycles. The molecule has 0 saturated carbocycles. The van der Waals surface area contributed by atoms with Gasteiger partial charge in [0.15, 0.2) is 5.76 Å². The van der Waals surface area contributed by atoms with Crippen LogP contribution in [0.15, 0.2) is 51.4 Å². The summed E-state index contributed by atoms with van der Waals surface area (Å²) in [6.45, 7) is 4.24. The fourth-order valence-electron chi connectivity index (χ4n) is 3.62. The lowest BCUT2D eigenvalue weighted by atomic mass is 10.1. The number of hydrogen-bond acceptors (Lipinski definition) is 4. The standard InChI is InChI=1S/C22H21BrFN3O3/c1-14-18-11-15(23)5-6-19(18)30-21(14)22(29)27-9-7-26(8-10-27)13-20(28)25-17-4-2-3-16(24)12-17/h2-6,11-12H,7-10,13H2,1H3,(H,25,28). The van der Waals surface area contributed by atoms with Crippen molar-refractivity contribution in [2.45, 2.75) is 6.92 Å². The third-order valence-corrected chi connectivity index (χ3v) is 5.72. The van der Waals surface area contributed by atoms with E-state index >= 15 is 0 Å². The molecule has 0 bridgehead atoms. The van der Waals surface area contributed by atoms with Crippen LogP contribution in [0.2, 0.25) is 0 Å². The molecule has 1 aliphatic rings. The Hall–Kier alpha value is -2.71. The average molecular weight is 474 g/mol. The lowest BCUT2D eigenvalue weighted by Crippen LogP contribution is -2.50. The summed E-state index contributed by atoms with van der Waals surface area (Å²) in [5.74, 6) is -0.378. The second-order valence-electron chi connectivity index (χ2n) is 7.32. The minimum atomic E-state index is -0.395. The number of benzene rings is 2. The Labute approximate surface area is 181 Å². The van der Waals surface area contributed by atoms with Gasteiger partial charge in [-0.25, -0.2) is 4.39 Å². The third-order valence-electron chi connectivity index (χ3n) is 5.23. The Morgan fingerprint density at radius 1 is 1.13 bits per heavy atom. The largest absolute Gasteiger partial charge is 0.451 e. The van der Waals surface area contributed by atoms with Crippen LogP contribution in [0.25, 0.3) is 11.0 Å². The highest BCUT2D eigenvalue weighted by Gasteiger charge is 2.27. The van der Waals surface area contributed by atoms with Gasteiger partial charge in [0, 0.05) is 47.3 Å². The molecule has 2 amide bonds. The van der Waals surface area contributed by atoms with Gasteiger partial charge in [0.05, 0.1) is 6.54 Å². The first-order valence-corrected chi connectivity index (χ1v) is 10.5. The van der Waals surface area contributed by atoms with E-state index in [1.165, 1.54) is 12.1 Å². The first-order chi connectivity index (χ1) is 14.4. The van der Waals surface area contributed by atoms with E-state index in [0.717, 1.165) is 15.4 Å². The smallest absolute Gasteiger partial charge is 0.289 e. The number of halogens is 2. The zero-order valence-electron chi connectivity index (χ0n) is 16.5. The topological polar surface area (TPSA) is 65.8 Å². The summed E-state index contributed by atoms with van der Waals surface area (Å²) in [5, 5.41) is 3.61. The van der Waals surface area contributed by atoms with Gasteiger partial charge in [-0.05, 0) is 43.3 Å². The molecule has 0 radical (unpaired) electrons. The lowest BCUT2D eigenvalue weighted by Gasteiger charge is -2.33. The van der Waals surface area contributed by atoms with Crippen molar-refractivity contribution in [2.24, 2.45) is 0 Å². The first kappa shape index (κ1) is 20.6. The molecule has 156 valence electrons. The van der Waals surface area contributed by atoms with Crippen LogP contribution in [0.1, 0.15) is 16.1 Å². The van der Waals surface area contributed by atoms with Gasteiger partial charge in [0.25, 0.3) is 5.91 Å². The van der Waals surface area contributed by atoms with E-state index in [-0.39, 0.29) is 18.4 Å². The van der Waals surface area contributed by atoms with Gasteiger partial charge in [-0.15, -0.1) is 0 Å². The fraction of sp³-hybridized carbons (Fsp3) is 0.273. The molecule has 0 unspecified atom stereocenters. The van der Waals surface area contributed by atoms with Crippen molar-refractivity contribution in [3.63, 3.8) is 0 Å². The van der Waals surface area contributed by atoms with Gasteiger partial charge in [0.2, 0.25) is 5.91 Å². The Kier molecular flexibility index (Phi) is 5.87. The zero-order chi connectivity index (χ0) is 21.3. The fourth-order valence-corrected chi connectivity index (χ4v) is 3.98. The highest BCUT2D eigenvalue weighted by atomic mass is 79.9. The molecule has 0 atom stereocenters. The van der Waals surface area contributed by atoms with Gasteiger partial charge >= 0.3 is 0 Å². The maximum atomic E-state index is 13.2. The number of nitrogens with zero attached hydrogens (tertiary/aromatic N) is 2. The number of carbonyl (C=O) groups excluding carboxylic acids is 2. The zero-order valence-corrected chi connectivity index (χ0v) is 18.0. The summed E-state index contributed by atoms with van der Waals surface area (Å²) in [7, 11) is 0. The summed E-state index contributed by atoms with van der Waals surface area (Å²) in [4.78, 5) is 28.9. The number of aryl methyl sites for hydroxylation is 1. The third kappa shape index (κ3) is 4.39. The second kappa shape index (κ2) is 8.57. The van der Waals surface area contributed by atoms with E-state index in [4.69, 9.17) is 4.42 Å². The van der Waals surface area contributed by atoms with Crippen molar-refractivity contribution in [1.29, 1.82) is 0 Å². The van der Waals surface area contributed by atoms with Gasteiger partial charge in [-0.3, -0.25) is 14.5 Å². The maximum Gasteiger partial charge on any atom is 0.289 e. The Morgan fingerprint density at radius 2 is 1.90 bits per heavy atom. The monoisotopic (exact) mass is 473 g/mol. The van der Waals surface area contributed by atoms with Crippen molar-refractivity contribution in [2.75, 3.05) is 38.0 Å². The number of anilines is 1. The SMILES string of the molecule is Cc1c(C(=O)N2CCN(CC(=O)Nc3cccc(F)c3)CC2)oc2ccc(Br)cc12. The summed E-state index contributed by atoms with van der Waals surface area (Å²) in [6.07, 6.45) is 0. The van der Waals surface area contributed by atoms with Crippen LogP contribution in [0.3, 0.4) is 0 Å². The highest BCUT2D eigenvalue weighted by molar-refractivity contribution is 9.10. The van der Waals surface area contributed by atoms with Crippen LogP contribution >= 0.6 is 15.9 Å². The average Bonchev–Trinajstić information content (AvgIpc) is 3.04. The molecule has 6 nitrogen and oxygen atoms in total. The minimum absolute atomic E-state index is 0.135. The molecule has 1 aliphatic heterocycles. The molecule has 1 fully saturated rings. The summed E-state index contributed by atoms with van der Waals surface area (Å²) < 4.78 is 20.0. The number of piperazine rings is 1. The van der Waals surface area contributed by atoms with E-state index < -0.39 is 5.82 Å². The van der Waals surface area contributed by atoms with Gasteiger partial charge in [-0.1, -0.05) is 22.0 Å². The molecule has 2 aromatic carbocycles. The Bertz CT molecular complexity index is 1110. The number of amides is 2. The van der Waals surface area contributed by atoms with Crippen LogP contribution < -0.4 is 5.32 Å². The molecule has 4 rings (SSSR count). The van der Waals surface area contributed by atoms with Crippen molar-refractivity contribution in [3.05, 3.63) is 64.1 Å². The predicted molar refractivity (Wildman–Crippen MR) is 116 cm³/mol. The van der Waals surface area contributed by atoms with E-state index in [9.17, 15) is 14.0 Å². The van der Waals surface area contributed by atoms with E-state index in [1.807, 2.05) is 30.0 Å². The van der Waals surface area contributed by atoms with E-state index in [0.29, 0.717) is 43.2 Å². The first-order valence-electron chi connectivity index (χ1n) is 9.66. The van der Waals surface area contributed by atoms with Crippen LogP contribution in [-0.4, -0.2) is 54.3 Å². The van der Waals surface area contributed by atoms with Crippen molar-refractivity contribution in [3.8, 4) is 0 Å². The number of carbonyl (C=O) groups is 2. The number of furan rings is 1. The molecule has 8 heteroatoms. The molecule has 30 heavy (non-hydrogen) atoms. The van der Waals surface area contributed by atoms with Gasteiger partial charge in [0.1, 0.15) is 11.4 Å². The van der Waals surface area contributed by atoms with Crippen LogP contribution in [-0.2, 0) is 4.79 Å². The molecule has 0 aliphatic carbocycles. The number of hydrogen-bond donors (Lipinski definition) is 1. The maximum absolute atomic E-state index is 13.2. The molecule has 3 aromatic rings. The lowest BCUT2D eigenvalue weighted by molar-refractivity contribution is -0.117. The number of rotatable bonds is 4. The number of fused-ring (bicyclic) bond motifs is 1. The van der Waals surface area contributed by atoms with Crippen molar-refractivity contribution >= 4 is 44.4 Å². The quantitative estimate of drug-likeness (QED) is 0.620. The van der Waals surface area contributed by atoms with Gasteiger partial charge in [-0.2, -0.15) is 0 Å². The second-order valence-corrected chi connectivity index (χ2v) is 8.24. The predicted octanol–water partition coefficient (Wildman–Crippen LogP) is 4.04. The molecular formula is C22H21BrFN3O3. The Balaban J connectivity index is 1.34. The molecule has 1 N–H and O–H groups in total. The molecule has 2 heterocycles. The van der Waals surface area contributed by atoms with Crippen molar-refractivity contribution in [1.82, 2.24) is 9.80 Å². The van der Waals surface area contributed by atoms with Crippen LogP contribution in [0, 0.1) is 12.7 Å². The van der Waals surface area contributed by atoms with Crippen LogP contribution in [0.4, 0.5) is 10.1 Å². The number of nitrogens with one attached hydrogen (secondary N) is 1. The highest BCUT2D eigenvalue weighted by Crippen LogP contribution is 2.29. The normalized spacial score (nSPS) is 14.8. The summed E-state index contributed by atoms with van der Waals surface area (Å²) in [5.41, 5.74) is 1.95. The van der Waals surface area contributed by atoms with E-state index in [2.05, 4.69) is 21.2 Å². The van der Waals surface area contributed by atoms with Gasteiger partial charge < -0.3 is 14.6 Å². The molecule has 0 spiro atoms. The minimum Gasteiger partial charge on any atom is -0.451 e. The Morgan fingerprint density at radius 3 is 2.63 bits per heavy atom. The molecular weight excluding hydrogens is 453 g/mol.